The molecule has 160 valence electrons. The van der Waals surface area contributed by atoms with Gasteiger partial charge in [-0.25, -0.2) is 4.39 Å². The van der Waals surface area contributed by atoms with Gasteiger partial charge >= 0.3 is 0 Å². The summed E-state index contributed by atoms with van der Waals surface area (Å²) in [6.07, 6.45) is 0.788. The lowest BCUT2D eigenvalue weighted by atomic mass is 10.1. The molecule has 0 bridgehead atoms. The predicted octanol–water partition coefficient (Wildman–Crippen LogP) is 5.01. The number of rotatable bonds is 5. The van der Waals surface area contributed by atoms with Crippen LogP contribution in [-0.2, 0) is 17.8 Å². The standard InChI is InChI=1S/C24H23FN2O3S/c1-14-19(25)10-17(23(28)26-15(2)16-6-4-3-5-7-16)11-20(14)27-24(29)22-12-18-13-30-9-8-21(18)31-22/h3-7,10-12,15H,8-9,13H2,1-2H3,(H,26,28)(H,27,29). The number of ether oxygens (including phenoxy) is 1. The van der Waals surface area contributed by atoms with Gasteiger partial charge in [-0.1, -0.05) is 30.3 Å². The van der Waals surface area contributed by atoms with Gasteiger partial charge in [-0.3, -0.25) is 9.59 Å². The van der Waals surface area contributed by atoms with Crippen molar-refractivity contribution in [1.29, 1.82) is 0 Å². The molecule has 31 heavy (non-hydrogen) atoms. The molecule has 1 aliphatic rings. The van der Waals surface area contributed by atoms with Crippen molar-refractivity contribution in [1.82, 2.24) is 5.32 Å². The van der Waals surface area contributed by atoms with Gasteiger partial charge in [0.15, 0.2) is 0 Å². The Kier molecular flexibility index (Phi) is 6.15. The number of hydrogen-bond donors (Lipinski definition) is 2. The van der Waals surface area contributed by atoms with Crippen molar-refractivity contribution < 1.29 is 18.7 Å². The average Bonchev–Trinajstić information content (AvgIpc) is 3.21. The number of amides is 2. The van der Waals surface area contributed by atoms with Crippen molar-refractivity contribution in [2.75, 3.05) is 11.9 Å². The maximum atomic E-state index is 14.6. The van der Waals surface area contributed by atoms with E-state index in [0.717, 1.165) is 22.4 Å². The summed E-state index contributed by atoms with van der Waals surface area (Å²) in [6.45, 7) is 4.59. The van der Waals surface area contributed by atoms with Crippen LogP contribution in [-0.4, -0.2) is 18.4 Å². The van der Waals surface area contributed by atoms with E-state index in [-0.39, 0.29) is 28.8 Å². The van der Waals surface area contributed by atoms with Crippen LogP contribution in [0.25, 0.3) is 0 Å². The molecule has 1 atom stereocenters. The SMILES string of the molecule is Cc1c(F)cc(C(=O)NC(C)c2ccccc2)cc1NC(=O)c1cc2c(s1)CCOC2. The minimum Gasteiger partial charge on any atom is -0.376 e. The first kappa shape index (κ1) is 21.2. The molecule has 0 fully saturated rings. The Labute approximate surface area is 184 Å². The van der Waals surface area contributed by atoms with Gasteiger partial charge < -0.3 is 15.4 Å². The van der Waals surface area contributed by atoms with Crippen LogP contribution in [0.1, 0.15) is 54.6 Å². The highest BCUT2D eigenvalue weighted by Crippen LogP contribution is 2.29. The molecule has 2 N–H and O–H groups in total. The summed E-state index contributed by atoms with van der Waals surface area (Å²) in [7, 11) is 0. The van der Waals surface area contributed by atoms with E-state index in [1.807, 2.05) is 43.3 Å². The molecular formula is C24H23FN2O3S. The van der Waals surface area contributed by atoms with E-state index in [0.29, 0.717) is 18.1 Å². The van der Waals surface area contributed by atoms with Crippen LogP contribution in [0.2, 0.25) is 0 Å². The summed E-state index contributed by atoms with van der Waals surface area (Å²) in [5, 5.41) is 5.64. The minimum atomic E-state index is -0.547. The largest absolute Gasteiger partial charge is 0.376 e. The van der Waals surface area contributed by atoms with Gasteiger partial charge in [-0.05, 0) is 43.2 Å². The van der Waals surface area contributed by atoms with Gasteiger partial charge in [0.05, 0.1) is 24.1 Å². The molecule has 0 radical (unpaired) electrons. The van der Waals surface area contributed by atoms with E-state index < -0.39 is 11.7 Å². The van der Waals surface area contributed by atoms with Crippen LogP contribution in [0, 0.1) is 12.7 Å². The highest BCUT2D eigenvalue weighted by Gasteiger charge is 2.20. The number of hydrogen-bond acceptors (Lipinski definition) is 4. The van der Waals surface area contributed by atoms with Crippen molar-refractivity contribution in [3.63, 3.8) is 0 Å². The molecule has 1 aliphatic heterocycles. The quantitative estimate of drug-likeness (QED) is 0.588. The highest BCUT2D eigenvalue weighted by molar-refractivity contribution is 7.14. The summed E-state index contributed by atoms with van der Waals surface area (Å²) in [5.74, 6) is -1.28. The first-order valence-corrected chi connectivity index (χ1v) is 10.9. The Hall–Kier alpha value is -3.03. The van der Waals surface area contributed by atoms with E-state index in [4.69, 9.17) is 4.74 Å². The maximum absolute atomic E-state index is 14.6. The molecule has 0 saturated heterocycles. The lowest BCUT2D eigenvalue weighted by molar-refractivity contribution is 0.0938. The maximum Gasteiger partial charge on any atom is 0.265 e. The van der Waals surface area contributed by atoms with Crippen LogP contribution in [0.4, 0.5) is 10.1 Å². The summed E-state index contributed by atoms with van der Waals surface area (Å²) >= 11 is 1.42. The van der Waals surface area contributed by atoms with Crippen molar-refractivity contribution >= 4 is 28.8 Å². The third-order valence-electron chi connectivity index (χ3n) is 5.35. The predicted molar refractivity (Wildman–Crippen MR) is 119 cm³/mol. The number of benzene rings is 2. The Morgan fingerprint density at radius 2 is 1.90 bits per heavy atom. The van der Waals surface area contributed by atoms with Gasteiger partial charge in [0.2, 0.25) is 0 Å². The second kappa shape index (κ2) is 8.99. The van der Waals surface area contributed by atoms with E-state index in [9.17, 15) is 14.0 Å². The van der Waals surface area contributed by atoms with Gasteiger partial charge in [-0.2, -0.15) is 0 Å². The molecule has 1 unspecified atom stereocenters. The summed E-state index contributed by atoms with van der Waals surface area (Å²) < 4.78 is 20.0. The Morgan fingerprint density at radius 1 is 1.13 bits per heavy atom. The van der Waals surface area contributed by atoms with Crippen LogP contribution in [0.15, 0.2) is 48.5 Å². The van der Waals surface area contributed by atoms with Crippen LogP contribution < -0.4 is 10.6 Å². The van der Waals surface area contributed by atoms with E-state index >= 15 is 0 Å². The Balaban J connectivity index is 1.52. The zero-order chi connectivity index (χ0) is 22.0. The zero-order valence-corrected chi connectivity index (χ0v) is 18.1. The van der Waals surface area contributed by atoms with Crippen molar-refractivity contribution in [3.05, 3.63) is 86.4 Å². The molecule has 7 heteroatoms. The molecule has 2 heterocycles. The first-order chi connectivity index (χ1) is 14.9. The van der Waals surface area contributed by atoms with Crippen molar-refractivity contribution in [2.45, 2.75) is 32.9 Å². The zero-order valence-electron chi connectivity index (χ0n) is 17.3. The summed E-state index contributed by atoms with van der Waals surface area (Å²) in [5.41, 5.74) is 2.69. The monoisotopic (exact) mass is 438 g/mol. The third-order valence-corrected chi connectivity index (χ3v) is 6.59. The number of carbonyl (C=O) groups excluding carboxylic acids is 2. The molecule has 5 nitrogen and oxygen atoms in total. The fraction of sp³-hybridized carbons (Fsp3) is 0.250. The Bertz CT molecular complexity index is 1100. The average molecular weight is 439 g/mol. The molecule has 2 aromatic carbocycles. The molecule has 0 aliphatic carbocycles. The Morgan fingerprint density at radius 3 is 2.65 bits per heavy atom. The van der Waals surface area contributed by atoms with Gasteiger partial charge in [0.1, 0.15) is 5.82 Å². The van der Waals surface area contributed by atoms with Gasteiger partial charge in [-0.15, -0.1) is 11.3 Å². The number of fused-ring (bicyclic) bond motifs is 1. The second-order valence-corrected chi connectivity index (χ2v) is 8.69. The summed E-state index contributed by atoms with van der Waals surface area (Å²) in [4.78, 5) is 27.2. The number of halogens is 1. The van der Waals surface area contributed by atoms with E-state index in [1.165, 1.54) is 23.5 Å². The molecule has 0 spiro atoms. The summed E-state index contributed by atoms with van der Waals surface area (Å²) in [6, 6.07) is 13.8. The molecule has 0 saturated carbocycles. The highest BCUT2D eigenvalue weighted by atomic mass is 32.1. The second-order valence-electron chi connectivity index (χ2n) is 7.55. The molecule has 1 aromatic heterocycles. The lowest BCUT2D eigenvalue weighted by Crippen LogP contribution is -2.27. The fourth-order valence-electron chi connectivity index (χ4n) is 3.49. The normalized spacial score (nSPS) is 13.9. The number of anilines is 1. The molecular weight excluding hydrogens is 415 g/mol. The van der Waals surface area contributed by atoms with Gasteiger partial charge in [0.25, 0.3) is 11.8 Å². The molecule has 3 aromatic rings. The van der Waals surface area contributed by atoms with Gasteiger partial charge in [0, 0.05) is 28.1 Å². The number of nitrogens with one attached hydrogen (secondary N) is 2. The lowest BCUT2D eigenvalue weighted by Gasteiger charge is -2.16. The number of thiophene rings is 1. The van der Waals surface area contributed by atoms with E-state index in [1.54, 1.807) is 6.92 Å². The minimum absolute atomic E-state index is 0.153. The van der Waals surface area contributed by atoms with E-state index in [2.05, 4.69) is 10.6 Å². The molecule has 2 amide bonds. The smallest absolute Gasteiger partial charge is 0.265 e. The fourth-order valence-corrected chi connectivity index (χ4v) is 4.53. The van der Waals surface area contributed by atoms with Crippen LogP contribution in [0.3, 0.4) is 0 Å². The third kappa shape index (κ3) is 4.68. The number of carbonyl (C=O) groups is 2. The van der Waals surface area contributed by atoms with Crippen LogP contribution in [0.5, 0.6) is 0 Å². The van der Waals surface area contributed by atoms with Crippen LogP contribution >= 0.6 is 11.3 Å². The van der Waals surface area contributed by atoms with Crippen molar-refractivity contribution in [2.24, 2.45) is 0 Å². The van der Waals surface area contributed by atoms with Crippen molar-refractivity contribution in [3.8, 4) is 0 Å². The molecule has 4 rings (SSSR count). The first-order valence-electron chi connectivity index (χ1n) is 10.1. The topological polar surface area (TPSA) is 67.4 Å².